The second-order valence-corrected chi connectivity index (χ2v) is 8.49. The Morgan fingerprint density at radius 1 is 0.565 bits per heavy atom. The quantitative estimate of drug-likeness (QED) is 0.393. The molecule has 2 rings (SSSR count). The highest BCUT2D eigenvalue weighted by molar-refractivity contribution is 4.72. The zero-order valence-electron chi connectivity index (χ0n) is 16.0. The Kier molecular flexibility index (Phi) is 9.65. The van der Waals surface area contributed by atoms with Gasteiger partial charge in [0, 0.05) is 13.2 Å². The van der Waals surface area contributed by atoms with Crippen molar-refractivity contribution in [3.63, 3.8) is 0 Å². The van der Waals surface area contributed by atoms with Gasteiger partial charge in [-0.3, -0.25) is 0 Å². The van der Waals surface area contributed by atoms with Crippen molar-refractivity contribution < 1.29 is 4.74 Å². The van der Waals surface area contributed by atoms with Gasteiger partial charge in [-0.15, -0.1) is 0 Å². The van der Waals surface area contributed by atoms with Crippen LogP contribution in [0.15, 0.2) is 0 Å². The fourth-order valence-electron chi connectivity index (χ4n) is 4.91. The van der Waals surface area contributed by atoms with Crippen LogP contribution in [0.25, 0.3) is 0 Å². The number of hydrogen-bond donors (Lipinski definition) is 0. The maximum absolute atomic E-state index is 5.90. The van der Waals surface area contributed by atoms with Gasteiger partial charge >= 0.3 is 0 Å². The summed E-state index contributed by atoms with van der Waals surface area (Å²) in [5.74, 6) is 4.09. The van der Waals surface area contributed by atoms with Crippen molar-refractivity contribution in [2.75, 3.05) is 13.2 Å². The largest absolute Gasteiger partial charge is 0.381 e. The third-order valence-electron chi connectivity index (χ3n) is 6.89. The van der Waals surface area contributed by atoms with Gasteiger partial charge in [0.2, 0.25) is 0 Å². The fourth-order valence-corrected chi connectivity index (χ4v) is 4.91. The van der Waals surface area contributed by atoms with E-state index in [1.54, 1.807) is 0 Å². The topological polar surface area (TPSA) is 9.23 Å². The highest BCUT2D eigenvalue weighted by atomic mass is 16.5. The predicted molar refractivity (Wildman–Crippen MR) is 101 cm³/mol. The lowest BCUT2D eigenvalue weighted by molar-refractivity contribution is 0.113. The van der Waals surface area contributed by atoms with Crippen LogP contribution in [0.4, 0.5) is 0 Å². The summed E-state index contributed by atoms with van der Waals surface area (Å²) >= 11 is 0. The standard InChI is InChI=1S/C22H42O/c1-3-19-9-13-21(14-10-19)7-5-17-23-18-6-8-22-15-11-20(4-2)12-16-22/h19-22H,3-18H2,1-2H3. The molecule has 0 aliphatic heterocycles. The molecule has 0 aromatic heterocycles. The molecule has 0 atom stereocenters. The van der Waals surface area contributed by atoms with Crippen molar-refractivity contribution >= 4 is 0 Å². The van der Waals surface area contributed by atoms with Crippen LogP contribution >= 0.6 is 0 Å². The molecule has 0 spiro atoms. The van der Waals surface area contributed by atoms with Crippen LogP contribution in [0.3, 0.4) is 0 Å². The van der Waals surface area contributed by atoms with Gasteiger partial charge in [-0.05, 0) is 49.4 Å². The maximum atomic E-state index is 5.90. The number of rotatable bonds is 10. The Morgan fingerprint density at radius 2 is 0.913 bits per heavy atom. The average Bonchev–Trinajstić information content (AvgIpc) is 2.62. The molecular weight excluding hydrogens is 280 g/mol. The molecule has 0 aromatic carbocycles. The van der Waals surface area contributed by atoms with Crippen molar-refractivity contribution in [2.24, 2.45) is 23.7 Å². The Hall–Kier alpha value is -0.0400. The van der Waals surface area contributed by atoms with E-state index >= 15 is 0 Å². The summed E-state index contributed by atoms with van der Waals surface area (Å²) in [6.45, 7) is 6.73. The van der Waals surface area contributed by atoms with Crippen LogP contribution in [0.1, 0.15) is 104 Å². The van der Waals surface area contributed by atoms with Crippen molar-refractivity contribution in [1.82, 2.24) is 0 Å². The van der Waals surface area contributed by atoms with E-state index in [1.807, 2.05) is 0 Å². The van der Waals surface area contributed by atoms with E-state index in [9.17, 15) is 0 Å². The van der Waals surface area contributed by atoms with Gasteiger partial charge in [0.05, 0.1) is 0 Å². The molecule has 0 bridgehead atoms. The van der Waals surface area contributed by atoms with Crippen LogP contribution in [-0.4, -0.2) is 13.2 Å². The maximum Gasteiger partial charge on any atom is 0.0466 e. The lowest BCUT2D eigenvalue weighted by Crippen LogP contribution is -2.15. The molecule has 0 saturated heterocycles. The number of ether oxygens (including phenoxy) is 1. The molecule has 23 heavy (non-hydrogen) atoms. The summed E-state index contributed by atoms with van der Waals surface area (Å²) in [5, 5.41) is 0. The minimum Gasteiger partial charge on any atom is -0.381 e. The summed E-state index contributed by atoms with van der Waals surface area (Å²) in [5.41, 5.74) is 0. The molecule has 0 heterocycles. The summed E-state index contributed by atoms with van der Waals surface area (Å²) in [6, 6.07) is 0. The molecule has 1 heteroatoms. The highest BCUT2D eigenvalue weighted by Crippen LogP contribution is 2.34. The third kappa shape index (κ3) is 7.59. The Bertz CT molecular complexity index is 244. The monoisotopic (exact) mass is 322 g/mol. The number of hydrogen-bond acceptors (Lipinski definition) is 1. The minimum atomic E-state index is 1.01. The first kappa shape index (κ1) is 19.3. The van der Waals surface area contributed by atoms with E-state index in [-0.39, 0.29) is 0 Å². The zero-order valence-corrected chi connectivity index (χ0v) is 16.0. The van der Waals surface area contributed by atoms with Crippen molar-refractivity contribution in [1.29, 1.82) is 0 Å². The summed E-state index contributed by atoms with van der Waals surface area (Å²) in [6.07, 6.45) is 20.1. The van der Waals surface area contributed by atoms with E-state index in [0.29, 0.717) is 0 Å². The SMILES string of the molecule is CCC1CCC(CCCOCCCC2CCC(CC)CC2)CC1. The van der Waals surface area contributed by atoms with Crippen LogP contribution in [0, 0.1) is 23.7 Å². The molecule has 2 aliphatic rings. The van der Waals surface area contributed by atoms with E-state index in [4.69, 9.17) is 4.74 Å². The molecule has 2 saturated carbocycles. The lowest BCUT2D eigenvalue weighted by atomic mass is 9.79. The van der Waals surface area contributed by atoms with Crippen LogP contribution in [-0.2, 0) is 4.74 Å². The van der Waals surface area contributed by atoms with Crippen LogP contribution in [0.5, 0.6) is 0 Å². The van der Waals surface area contributed by atoms with Crippen molar-refractivity contribution in [2.45, 2.75) is 104 Å². The first-order valence-electron chi connectivity index (χ1n) is 10.9. The molecule has 1 nitrogen and oxygen atoms in total. The van der Waals surface area contributed by atoms with Gasteiger partial charge in [-0.2, -0.15) is 0 Å². The Morgan fingerprint density at radius 3 is 1.26 bits per heavy atom. The van der Waals surface area contributed by atoms with E-state index < -0.39 is 0 Å². The minimum absolute atomic E-state index is 1.01. The molecule has 0 radical (unpaired) electrons. The molecule has 2 aliphatic carbocycles. The summed E-state index contributed by atoms with van der Waals surface area (Å²) < 4.78 is 5.90. The van der Waals surface area contributed by atoms with Gasteiger partial charge in [0.15, 0.2) is 0 Å². The molecule has 0 amide bonds. The van der Waals surface area contributed by atoms with E-state index in [2.05, 4.69) is 13.8 Å². The summed E-state index contributed by atoms with van der Waals surface area (Å²) in [7, 11) is 0. The zero-order chi connectivity index (χ0) is 16.3. The van der Waals surface area contributed by atoms with Gasteiger partial charge in [-0.25, -0.2) is 0 Å². The second-order valence-electron chi connectivity index (χ2n) is 8.49. The first-order valence-corrected chi connectivity index (χ1v) is 10.9. The Balaban J connectivity index is 1.37. The van der Waals surface area contributed by atoms with E-state index in [0.717, 1.165) is 36.9 Å². The third-order valence-corrected chi connectivity index (χ3v) is 6.89. The van der Waals surface area contributed by atoms with Crippen LogP contribution in [0.2, 0.25) is 0 Å². The predicted octanol–water partition coefficient (Wildman–Crippen LogP) is 7.00. The summed E-state index contributed by atoms with van der Waals surface area (Å²) in [4.78, 5) is 0. The highest BCUT2D eigenvalue weighted by Gasteiger charge is 2.20. The normalized spacial score (nSPS) is 32.1. The Labute approximate surface area is 146 Å². The van der Waals surface area contributed by atoms with Crippen molar-refractivity contribution in [3.05, 3.63) is 0 Å². The van der Waals surface area contributed by atoms with Gasteiger partial charge in [0.1, 0.15) is 0 Å². The second kappa shape index (κ2) is 11.5. The molecule has 136 valence electrons. The molecule has 2 fully saturated rings. The molecule has 0 unspecified atom stereocenters. The smallest absolute Gasteiger partial charge is 0.0466 e. The molecular formula is C22H42O. The lowest BCUT2D eigenvalue weighted by Gasteiger charge is -2.28. The first-order chi connectivity index (χ1) is 11.3. The molecule has 0 N–H and O–H groups in total. The average molecular weight is 323 g/mol. The van der Waals surface area contributed by atoms with Crippen molar-refractivity contribution in [3.8, 4) is 0 Å². The van der Waals surface area contributed by atoms with Gasteiger partial charge in [-0.1, -0.05) is 78.1 Å². The van der Waals surface area contributed by atoms with Crippen LogP contribution < -0.4 is 0 Å². The van der Waals surface area contributed by atoms with Gasteiger partial charge in [0.25, 0.3) is 0 Å². The van der Waals surface area contributed by atoms with E-state index in [1.165, 1.54) is 89.9 Å². The fraction of sp³-hybridized carbons (Fsp3) is 1.00. The van der Waals surface area contributed by atoms with Gasteiger partial charge < -0.3 is 4.74 Å². The molecule has 0 aromatic rings.